The number of hydrogen-bond acceptors (Lipinski definition) is 4. The predicted octanol–water partition coefficient (Wildman–Crippen LogP) is 1.90. The normalized spacial score (nSPS) is 21.4. The van der Waals surface area contributed by atoms with E-state index in [1.54, 1.807) is 23.1 Å². The molecular formula is C14H17ClN2O3. The zero-order valence-electron chi connectivity index (χ0n) is 11.1. The molecule has 0 radical (unpaired) electrons. The number of ether oxygens (including phenoxy) is 2. The minimum atomic E-state index is -0.624. The molecule has 1 aromatic carbocycles. The van der Waals surface area contributed by atoms with Crippen molar-refractivity contribution in [1.82, 2.24) is 4.90 Å². The van der Waals surface area contributed by atoms with Crippen LogP contribution in [0.3, 0.4) is 0 Å². The number of benzene rings is 1. The topological polar surface area (TPSA) is 64.8 Å². The van der Waals surface area contributed by atoms with Gasteiger partial charge in [-0.1, -0.05) is 17.7 Å². The van der Waals surface area contributed by atoms with Gasteiger partial charge in [-0.15, -0.1) is 0 Å². The van der Waals surface area contributed by atoms with Gasteiger partial charge in [-0.25, -0.2) is 0 Å². The molecule has 0 saturated carbocycles. The Morgan fingerprint density at radius 2 is 2.10 bits per heavy atom. The van der Waals surface area contributed by atoms with Crippen LogP contribution < -0.4 is 5.73 Å². The highest BCUT2D eigenvalue weighted by atomic mass is 35.5. The Morgan fingerprint density at radius 3 is 2.85 bits per heavy atom. The quantitative estimate of drug-likeness (QED) is 0.804. The molecule has 1 aromatic rings. The van der Waals surface area contributed by atoms with Gasteiger partial charge in [-0.05, 0) is 18.6 Å². The average Bonchev–Trinajstić information content (AvgIpc) is 2.89. The van der Waals surface area contributed by atoms with Crippen molar-refractivity contribution in [2.24, 2.45) is 0 Å². The maximum absolute atomic E-state index is 12.6. The maximum Gasteiger partial charge on any atom is 0.255 e. The zero-order chi connectivity index (χ0) is 14.2. The number of piperidine rings is 1. The highest BCUT2D eigenvalue weighted by Gasteiger charge is 2.42. The molecule has 2 aliphatic rings. The largest absolute Gasteiger partial charge is 0.398 e. The van der Waals surface area contributed by atoms with Crippen LogP contribution in [0.15, 0.2) is 18.2 Å². The summed E-state index contributed by atoms with van der Waals surface area (Å²) in [6.07, 6.45) is 1.67. The monoisotopic (exact) mass is 296 g/mol. The van der Waals surface area contributed by atoms with E-state index in [2.05, 4.69) is 0 Å². The second kappa shape index (κ2) is 5.24. The molecule has 6 heteroatoms. The molecule has 2 heterocycles. The summed E-state index contributed by atoms with van der Waals surface area (Å²) in [5, 5.41) is 0.311. The molecule has 2 fully saturated rings. The minimum Gasteiger partial charge on any atom is -0.398 e. The molecule has 1 spiro atoms. The summed E-state index contributed by atoms with van der Waals surface area (Å²) in [4.78, 5) is 14.3. The molecule has 108 valence electrons. The molecule has 0 unspecified atom stereocenters. The fourth-order valence-electron chi connectivity index (χ4n) is 2.78. The lowest BCUT2D eigenvalue weighted by Gasteiger charge is -2.38. The average molecular weight is 297 g/mol. The van der Waals surface area contributed by atoms with Crippen LogP contribution in [0.2, 0.25) is 5.02 Å². The number of hydrogen-bond donors (Lipinski definition) is 1. The van der Waals surface area contributed by atoms with Crippen molar-refractivity contribution in [3.8, 4) is 0 Å². The summed E-state index contributed by atoms with van der Waals surface area (Å²) in [5.74, 6) is -0.749. The van der Waals surface area contributed by atoms with E-state index in [0.717, 1.165) is 12.8 Å². The lowest BCUT2D eigenvalue weighted by molar-refractivity contribution is -0.183. The molecule has 2 aliphatic heterocycles. The Bertz CT molecular complexity index is 529. The van der Waals surface area contributed by atoms with E-state index in [4.69, 9.17) is 26.8 Å². The summed E-state index contributed by atoms with van der Waals surface area (Å²) in [6.45, 7) is 2.29. The Kier molecular flexibility index (Phi) is 3.58. The first-order valence-corrected chi connectivity index (χ1v) is 7.10. The van der Waals surface area contributed by atoms with Crippen LogP contribution >= 0.6 is 11.6 Å². The summed E-state index contributed by atoms with van der Waals surface area (Å²) in [5.41, 5.74) is 6.60. The fraction of sp³-hybridized carbons (Fsp3) is 0.500. The molecule has 0 aromatic heterocycles. The summed E-state index contributed by atoms with van der Waals surface area (Å²) in [6, 6.07) is 5.11. The first kappa shape index (κ1) is 13.7. The van der Waals surface area contributed by atoms with E-state index < -0.39 is 5.79 Å². The smallest absolute Gasteiger partial charge is 0.255 e. The van der Waals surface area contributed by atoms with Crippen molar-refractivity contribution in [3.63, 3.8) is 0 Å². The number of anilines is 1. The van der Waals surface area contributed by atoms with Crippen LogP contribution in [0.4, 0.5) is 5.69 Å². The summed E-state index contributed by atoms with van der Waals surface area (Å²) < 4.78 is 11.4. The van der Waals surface area contributed by atoms with E-state index in [9.17, 15) is 4.79 Å². The van der Waals surface area contributed by atoms with E-state index >= 15 is 0 Å². The Balaban J connectivity index is 1.81. The molecule has 5 nitrogen and oxygen atoms in total. The number of nitrogens with two attached hydrogens (primary N) is 1. The SMILES string of the molecule is Nc1cccc(C(=O)N2CCCC3(C2)OCCO3)c1Cl. The van der Waals surface area contributed by atoms with E-state index in [1.807, 2.05) is 0 Å². The molecular weight excluding hydrogens is 280 g/mol. The lowest BCUT2D eigenvalue weighted by atomic mass is 10.0. The van der Waals surface area contributed by atoms with Crippen molar-refractivity contribution in [2.75, 3.05) is 32.0 Å². The third-order valence-corrected chi connectivity index (χ3v) is 4.20. The number of halogens is 1. The Hall–Kier alpha value is -1.30. The molecule has 1 amide bonds. The van der Waals surface area contributed by atoms with Gasteiger partial charge in [0, 0.05) is 13.0 Å². The lowest BCUT2D eigenvalue weighted by Crippen LogP contribution is -2.51. The molecule has 3 rings (SSSR count). The van der Waals surface area contributed by atoms with Crippen LogP contribution in [0, 0.1) is 0 Å². The van der Waals surface area contributed by atoms with Crippen molar-refractivity contribution in [1.29, 1.82) is 0 Å². The second-order valence-corrected chi connectivity index (χ2v) is 5.52. The minimum absolute atomic E-state index is 0.125. The number of rotatable bonds is 1. The zero-order valence-corrected chi connectivity index (χ0v) is 11.9. The fourth-order valence-corrected chi connectivity index (χ4v) is 2.99. The highest BCUT2D eigenvalue weighted by molar-refractivity contribution is 6.36. The van der Waals surface area contributed by atoms with Gasteiger partial charge in [0.05, 0.1) is 36.0 Å². The second-order valence-electron chi connectivity index (χ2n) is 5.15. The molecule has 0 aliphatic carbocycles. The van der Waals surface area contributed by atoms with Crippen molar-refractivity contribution in [3.05, 3.63) is 28.8 Å². The Labute approximate surface area is 122 Å². The van der Waals surface area contributed by atoms with E-state index in [1.165, 1.54) is 0 Å². The molecule has 0 bridgehead atoms. The van der Waals surface area contributed by atoms with Crippen LogP contribution in [-0.4, -0.2) is 42.9 Å². The van der Waals surface area contributed by atoms with E-state index in [-0.39, 0.29) is 5.91 Å². The first-order valence-electron chi connectivity index (χ1n) is 6.72. The van der Waals surface area contributed by atoms with Crippen molar-refractivity contribution in [2.45, 2.75) is 18.6 Å². The van der Waals surface area contributed by atoms with Gasteiger partial charge in [0.25, 0.3) is 5.91 Å². The number of nitrogen functional groups attached to an aromatic ring is 1. The van der Waals surface area contributed by atoms with Crippen LogP contribution in [0.1, 0.15) is 23.2 Å². The number of likely N-dealkylation sites (tertiary alicyclic amines) is 1. The van der Waals surface area contributed by atoms with Crippen LogP contribution in [0.5, 0.6) is 0 Å². The van der Waals surface area contributed by atoms with Gasteiger partial charge in [0.15, 0.2) is 5.79 Å². The van der Waals surface area contributed by atoms with Crippen molar-refractivity contribution >= 4 is 23.2 Å². The number of amides is 1. The van der Waals surface area contributed by atoms with Gasteiger partial charge < -0.3 is 20.1 Å². The standard InChI is InChI=1S/C14H17ClN2O3/c15-12-10(3-1-4-11(12)16)13(18)17-6-2-5-14(9-17)19-7-8-20-14/h1,3-4H,2,5-9,16H2. The molecule has 0 atom stereocenters. The van der Waals surface area contributed by atoms with Crippen LogP contribution in [0.25, 0.3) is 0 Å². The molecule has 20 heavy (non-hydrogen) atoms. The van der Waals surface area contributed by atoms with Gasteiger partial charge >= 0.3 is 0 Å². The number of nitrogens with zero attached hydrogens (tertiary/aromatic N) is 1. The Morgan fingerprint density at radius 1 is 1.35 bits per heavy atom. The van der Waals surface area contributed by atoms with Crippen molar-refractivity contribution < 1.29 is 14.3 Å². The maximum atomic E-state index is 12.6. The first-order chi connectivity index (χ1) is 9.61. The highest BCUT2D eigenvalue weighted by Crippen LogP contribution is 2.32. The predicted molar refractivity (Wildman–Crippen MR) is 75.6 cm³/mol. The molecule has 2 saturated heterocycles. The van der Waals surface area contributed by atoms with Gasteiger partial charge in [0.1, 0.15) is 0 Å². The van der Waals surface area contributed by atoms with Crippen LogP contribution in [-0.2, 0) is 9.47 Å². The number of carbonyl (C=O) groups excluding carboxylic acids is 1. The van der Waals surface area contributed by atoms with Gasteiger partial charge in [-0.3, -0.25) is 4.79 Å². The van der Waals surface area contributed by atoms with E-state index in [0.29, 0.717) is 42.6 Å². The third kappa shape index (κ3) is 2.37. The molecule has 2 N–H and O–H groups in total. The summed E-state index contributed by atoms with van der Waals surface area (Å²) >= 11 is 6.12. The summed E-state index contributed by atoms with van der Waals surface area (Å²) in [7, 11) is 0. The van der Waals surface area contributed by atoms with Gasteiger partial charge in [0.2, 0.25) is 0 Å². The number of carbonyl (C=O) groups is 1. The van der Waals surface area contributed by atoms with Gasteiger partial charge in [-0.2, -0.15) is 0 Å². The third-order valence-electron chi connectivity index (χ3n) is 3.78.